The summed E-state index contributed by atoms with van der Waals surface area (Å²) in [5, 5.41) is 6.56. The molecule has 0 radical (unpaired) electrons. The van der Waals surface area contributed by atoms with Gasteiger partial charge in [0, 0.05) is 17.5 Å². The zero-order valence-electron chi connectivity index (χ0n) is 11.6. The van der Waals surface area contributed by atoms with Crippen LogP contribution in [0.3, 0.4) is 0 Å². The van der Waals surface area contributed by atoms with Gasteiger partial charge in [-0.05, 0) is 24.6 Å². The Labute approximate surface area is 118 Å². The first-order valence-electron chi connectivity index (χ1n) is 6.48. The third kappa shape index (κ3) is 4.04. The van der Waals surface area contributed by atoms with Gasteiger partial charge in [-0.15, -0.1) is 11.3 Å². The van der Waals surface area contributed by atoms with Crippen LogP contribution >= 0.6 is 11.3 Å². The highest BCUT2D eigenvalue weighted by molar-refractivity contribution is 7.13. The van der Waals surface area contributed by atoms with Crippen LogP contribution in [0.2, 0.25) is 0 Å². The Morgan fingerprint density at radius 1 is 1.37 bits per heavy atom. The van der Waals surface area contributed by atoms with Gasteiger partial charge in [0.25, 0.3) is 0 Å². The zero-order chi connectivity index (χ0) is 13.7. The van der Waals surface area contributed by atoms with E-state index in [1.807, 2.05) is 18.2 Å². The highest BCUT2D eigenvalue weighted by Crippen LogP contribution is 2.26. The van der Waals surface area contributed by atoms with Crippen molar-refractivity contribution in [3.63, 3.8) is 0 Å². The summed E-state index contributed by atoms with van der Waals surface area (Å²) in [6.45, 7) is 6.26. The molecule has 0 aliphatic carbocycles. The molecular weight excluding hydrogens is 256 g/mol. The normalized spacial score (nSPS) is 10.9. The fourth-order valence-corrected chi connectivity index (χ4v) is 2.58. The highest BCUT2D eigenvalue weighted by atomic mass is 32.1. The van der Waals surface area contributed by atoms with Crippen molar-refractivity contribution in [2.75, 3.05) is 13.7 Å². The van der Waals surface area contributed by atoms with Crippen LogP contribution < -0.4 is 10.1 Å². The van der Waals surface area contributed by atoms with Crippen LogP contribution in [0.1, 0.15) is 19.5 Å². The van der Waals surface area contributed by atoms with E-state index >= 15 is 0 Å². The quantitative estimate of drug-likeness (QED) is 0.876. The first kappa shape index (κ1) is 14.0. The summed E-state index contributed by atoms with van der Waals surface area (Å²) in [5.74, 6) is 1.53. The van der Waals surface area contributed by atoms with Gasteiger partial charge < -0.3 is 10.1 Å². The number of thiazole rings is 1. The fourth-order valence-electron chi connectivity index (χ4n) is 1.77. The molecule has 0 amide bonds. The number of rotatable bonds is 6. The lowest BCUT2D eigenvalue weighted by molar-refractivity contribution is 0.415. The van der Waals surface area contributed by atoms with E-state index in [4.69, 9.17) is 4.74 Å². The van der Waals surface area contributed by atoms with Gasteiger partial charge in [0.2, 0.25) is 0 Å². The van der Waals surface area contributed by atoms with Crippen LogP contribution in [0.25, 0.3) is 10.6 Å². The van der Waals surface area contributed by atoms with Crippen LogP contribution in [0, 0.1) is 5.92 Å². The number of benzene rings is 1. The van der Waals surface area contributed by atoms with E-state index in [9.17, 15) is 0 Å². The molecule has 1 aromatic carbocycles. The molecule has 0 aliphatic rings. The average Bonchev–Trinajstić information content (AvgIpc) is 2.87. The van der Waals surface area contributed by atoms with Crippen molar-refractivity contribution in [2.24, 2.45) is 5.92 Å². The number of aromatic nitrogens is 1. The third-order valence-corrected chi connectivity index (χ3v) is 3.67. The van der Waals surface area contributed by atoms with Gasteiger partial charge in [0.05, 0.1) is 12.8 Å². The monoisotopic (exact) mass is 276 g/mol. The van der Waals surface area contributed by atoms with Crippen LogP contribution in [0.5, 0.6) is 5.75 Å². The van der Waals surface area contributed by atoms with Gasteiger partial charge in [-0.2, -0.15) is 0 Å². The molecule has 3 nitrogen and oxygen atoms in total. The smallest absolute Gasteiger partial charge is 0.123 e. The zero-order valence-corrected chi connectivity index (χ0v) is 12.5. The van der Waals surface area contributed by atoms with Gasteiger partial charge in [-0.3, -0.25) is 0 Å². The second kappa shape index (κ2) is 6.68. The van der Waals surface area contributed by atoms with E-state index in [1.54, 1.807) is 18.4 Å². The summed E-state index contributed by atoms with van der Waals surface area (Å²) in [6, 6.07) is 8.02. The first-order chi connectivity index (χ1) is 9.19. The number of ether oxygens (including phenoxy) is 1. The maximum atomic E-state index is 5.24. The predicted octanol–water partition coefficient (Wildman–Crippen LogP) is 3.56. The maximum Gasteiger partial charge on any atom is 0.123 e. The van der Waals surface area contributed by atoms with E-state index in [0.29, 0.717) is 5.92 Å². The lowest BCUT2D eigenvalue weighted by Crippen LogP contribution is -2.19. The molecule has 0 bridgehead atoms. The summed E-state index contributed by atoms with van der Waals surface area (Å²) in [5.41, 5.74) is 2.21. The number of nitrogens with zero attached hydrogens (tertiary/aromatic N) is 1. The summed E-state index contributed by atoms with van der Waals surface area (Å²) in [7, 11) is 1.68. The molecule has 19 heavy (non-hydrogen) atoms. The van der Waals surface area contributed by atoms with Gasteiger partial charge in [-0.1, -0.05) is 26.0 Å². The van der Waals surface area contributed by atoms with Crippen molar-refractivity contribution in [3.05, 3.63) is 35.3 Å². The van der Waals surface area contributed by atoms with Crippen LogP contribution in [0.15, 0.2) is 29.6 Å². The van der Waals surface area contributed by atoms with Crippen molar-refractivity contribution in [1.82, 2.24) is 10.3 Å². The molecule has 2 rings (SSSR count). The molecule has 102 valence electrons. The minimum Gasteiger partial charge on any atom is -0.497 e. The minimum atomic E-state index is 0.663. The Morgan fingerprint density at radius 2 is 2.21 bits per heavy atom. The van der Waals surface area contributed by atoms with E-state index in [-0.39, 0.29) is 0 Å². The molecule has 0 fully saturated rings. The lowest BCUT2D eigenvalue weighted by atomic mass is 10.2. The number of hydrogen-bond acceptors (Lipinski definition) is 4. The molecule has 1 N–H and O–H groups in total. The summed E-state index contributed by atoms with van der Waals surface area (Å²) in [6.07, 6.45) is 0. The molecule has 0 saturated heterocycles. The van der Waals surface area contributed by atoms with Crippen LogP contribution in [0.4, 0.5) is 0 Å². The van der Waals surface area contributed by atoms with Crippen LogP contribution in [-0.4, -0.2) is 18.6 Å². The molecular formula is C15H20N2OS. The predicted molar refractivity (Wildman–Crippen MR) is 80.6 cm³/mol. The highest BCUT2D eigenvalue weighted by Gasteiger charge is 2.05. The number of hydrogen-bond donors (Lipinski definition) is 1. The second-order valence-corrected chi connectivity index (χ2v) is 5.76. The van der Waals surface area contributed by atoms with Gasteiger partial charge in [-0.25, -0.2) is 4.98 Å². The Hall–Kier alpha value is -1.39. The topological polar surface area (TPSA) is 34.1 Å². The average molecular weight is 276 g/mol. The number of nitrogens with one attached hydrogen (secondary N) is 1. The second-order valence-electron chi connectivity index (χ2n) is 4.90. The maximum absolute atomic E-state index is 5.24. The Balaban J connectivity index is 2.03. The largest absolute Gasteiger partial charge is 0.497 e. The Bertz CT molecular complexity index is 522. The molecule has 4 heteroatoms. The van der Waals surface area contributed by atoms with Crippen molar-refractivity contribution in [1.29, 1.82) is 0 Å². The third-order valence-electron chi connectivity index (χ3n) is 2.73. The Morgan fingerprint density at radius 3 is 2.95 bits per heavy atom. The van der Waals surface area contributed by atoms with Crippen molar-refractivity contribution in [2.45, 2.75) is 20.4 Å². The Kier molecular flexibility index (Phi) is 4.93. The van der Waals surface area contributed by atoms with Crippen LogP contribution in [-0.2, 0) is 6.54 Å². The molecule has 1 aromatic heterocycles. The van der Waals surface area contributed by atoms with Crippen molar-refractivity contribution >= 4 is 11.3 Å². The van der Waals surface area contributed by atoms with Gasteiger partial charge >= 0.3 is 0 Å². The first-order valence-corrected chi connectivity index (χ1v) is 7.36. The number of methoxy groups -OCH3 is 1. The van der Waals surface area contributed by atoms with E-state index in [1.165, 1.54) is 0 Å². The molecule has 0 atom stereocenters. The SMILES string of the molecule is COc1cccc(-c2nc(CNCC(C)C)cs2)c1. The molecule has 1 heterocycles. The fraction of sp³-hybridized carbons (Fsp3) is 0.400. The molecule has 0 spiro atoms. The molecule has 0 unspecified atom stereocenters. The molecule has 0 aliphatic heterocycles. The lowest BCUT2D eigenvalue weighted by Gasteiger charge is -2.05. The van der Waals surface area contributed by atoms with Gasteiger partial charge in [0.1, 0.15) is 10.8 Å². The standard InChI is InChI=1S/C15H20N2OS/c1-11(2)8-16-9-13-10-19-15(17-13)12-5-4-6-14(7-12)18-3/h4-7,10-11,16H,8-9H2,1-3H3. The van der Waals surface area contributed by atoms with Crippen molar-refractivity contribution < 1.29 is 4.74 Å². The molecule has 2 aromatic rings. The van der Waals surface area contributed by atoms with E-state index in [0.717, 1.165) is 35.1 Å². The van der Waals surface area contributed by atoms with E-state index in [2.05, 4.69) is 35.6 Å². The summed E-state index contributed by atoms with van der Waals surface area (Å²) in [4.78, 5) is 4.65. The summed E-state index contributed by atoms with van der Waals surface area (Å²) >= 11 is 1.67. The summed E-state index contributed by atoms with van der Waals surface area (Å²) < 4.78 is 5.24. The van der Waals surface area contributed by atoms with Gasteiger partial charge in [0.15, 0.2) is 0 Å². The minimum absolute atomic E-state index is 0.663. The van der Waals surface area contributed by atoms with E-state index < -0.39 is 0 Å². The molecule has 0 saturated carbocycles. The van der Waals surface area contributed by atoms with Crippen molar-refractivity contribution in [3.8, 4) is 16.3 Å².